The third-order valence-electron chi connectivity index (χ3n) is 5.14. The van der Waals surface area contributed by atoms with Gasteiger partial charge in [0.15, 0.2) is 0 Å². The van der Waals surface area contributed by atoms with Crippen molar-refractivity contribution in [3.8, 4) is 11.1 Å². The molecule has 158 valence electrons. The molecule has 0 aliphatic carbocycles. The highest BCUT2D eigenvalue weighted by atomic mass is 32.2. The number of hydrogen-bond donors (Lipinski definition) is 1. The fourth-order valence-electron chi connectivity index (χ4n) is 3.69. The van der Waals surface area contributed by atoms with E-state index in [0.717, 1.165) is 0 Å². The zero-order chi connectivity index (χ0) is 22.2. The van der Waals surface area contributed by atoms with E-state index < -0.39 is 21.9 Å². The van der Waals surface area contributed by atoms with E-state index in [-0.39, 0.29) is 17.0 Å². The molecule has 0 unspecified atom stereocenters. The molecule has 3 aromatic carbocycles. The van der Waals surface area contributed by atoms with Crippen LogP contribution in [0.2, 0.25) is 0 Å². The highest BCUT2D eigenvalue weighted by Gasteiger charge is 2.34. The maximum atomic E-state index is 13.0. The fraction of sp³-hybridized carbons (Fsp3) is 0.130. The molecule has 0 radical (unpaired) electrons. The SMILES string of the molecule is CCN1c2ccc(C(=O)Nc3ccccc3C(=O)OC)cc2-c2ccccc2S1(=O)=O. The molecule has 0 bridgehead atoms. The van der Waals surface area contributed by atoms with Gasteiger partial charge < -0.3 is 10.1 Å². The van der Waals surface area contributed by atoms with Gasteiger partial charge in [-0.1, -0.05) is 30.3 Å². The van der Waals surface area contributed by atoms with Crippen LogP contribution in [-0.2, 0) is 14.8 Å². The van der Waals surface area contributed by atoms with Crippen LogP contribution in [-0.4, -0.2) is 33.9 Å². The summed E-state index contributed by atoms with van der Waals surface area (Å²) in [6.45, 7) is 2.03. The van der Waals surface area contributed by atoms with Gasteiger partial charge in [0, 0.05) is 23.2 Å². The minimum atomic E-state index is -3.66. The molecule has 1 amide bonds. The summed E-state index contributed by atoms with van der Waals surface area (Å²) < 4.78 is 32.1. The van der Waals surface area contributed by atoms with Crippen molar-refractivity contribution in [2.24, 2.45) is 0 Å². The Balaban J connectivity index is 1.77. The molecule has 3 aromatic rings. The van der Waals surface area contributed by atoms with Gasteiger partial charge in [0.25, 0.3) is 15.9 Å². The molecule has 7 nitrogen and oxygen atoms in total. The second kappa shape index (κ2) is 7.88. The number of esters is 1. The topological polar surface area (TPSA) is 92.8 Å². The van der Waals surface area contributed by atoms with Crippen molar-refractivity contribution in [1.29, 1.82) is 0 Å². The number of hydrogen-bond acceptors (Lipinski definition) is 5. The molecule has 1 N–H and O–H groups in total. The number of carbonyl (C=O) groups is 2. The highest BCUT2D eigenvalue weighted by Crippen LogP contribution is 2.43. The summed E-state index contributed by atoms with van der Waals surface area (Å²) >= 11 is 0. The lowest BCUT2D eigenvalue weighted by Gasteiger charge is -2.31. The number of nitrogens with one attached hydrogen (secondary N) is 1. The first-order valence-corrected chi connectivity index (χ1v) is 11.1. The van der Waals surface area contributed by atoms with E-state index in [1.807, 2.05) is 0 Å². The van der Waals surface area contributed by atoms with E-state index in [0.29, 0.717) is 28.1 Å². The molecule has 1 heterocycles. The van der Waals surface area contributed by atoms with E-state index in [1.54, 1.807) is 73.7 Å². The minimum absolute atomic E-state index is 0.206. The van der Waals surface area contributed by atoms with Crippen molar-refractivity contribution >= 4 is 33.3 Å². The Kier molecular flexibility index (Phi) is 5.24. The van der Waals surface area contributed by atoms with Gasteiger partial charge in [0.1, 0.15) is 0 Å². The lowest BCUT2D eigenvalue weighted by molar-refractivity contribution is 0.0602. The molecular formula is C23H20N2O5S. The quantitative estimate of drug-likeness (QED) is 0.626. The molecule has 8 heteroatoms. The largest absolute Gasteiger partial charge is 0.465 e. The summed E-state index contributed by atoms with van der Waals surface area (Å²) in [4.78, 5) is 25.1. The number of amides is 1. The second-order valence-electron chi connectivity index (χ2n) is 6.89. The Morgan fingerprint density at radius 1 is 0.968 bits per heavy atom. The Morgan fingerprint density at radius 3 is 2.42 bits per heavy atom. The van der Waals surface area contributed by atoms with E-state index in [1.165, 1.54) is 11.4 Å². The molecule has 1 aliphatic heterocycles. The Labute approximate surface area is 180 Å². The van der Waals surface area contributed by atoms with Gasteiger partial charge >= 0.3 is 5.97 Å². The number of sulfonamides is 1. The Bertz CT molecular complexity index is 1300. The van der Waals surface area contributed by atoms with Crippen molar-refractivity contribution in [1.82, 2.24) is 0 Å². The van der Waals surface area contributed by atoms with Crippen molar-refractivity contribution in [2.75, 3.05) is 23.3 Å². The molecule has 31 heavy (non-hydrogen) atoms. The molecule has 0 aromatic heterocycles. The van der Waals surface area contributed by atoms with Crippen molar-refractivity contribution in [3.05, 3.63) is 77.9 Å². The third kappa shape index (κ3) is 3.44. The zero-order valence-corrected chi connectivity index (χ0v) is 17.8. The number of ether oxygens (including phenoxy) is 1. The van der Waals surface area contributed by atoms with Gasteiger partial charge in [0.2, 0.25) is 0 Å². The van der Waals surface area contributed by atoms with E-state index in [4.69, 9.17) is 4.74 Å². The number of carbonyl (C=O) groups excluding carboxylic acids is 2. The summed E-state index contributed by atoms with van der Waals surface area (Å²) in [5.74, 6) is -0.979. The maximum Gasteiger partial charge on any atom is 0.339 e. The molecule has 0 saturated carbocycles. The normalized spacial score (nSPS) is 13.7. The lowest BCUT2D eigenvalue weighted by Crippen LogP contribution is -2.34. The van der Waals surface area contributed by atoms with Gasteiger partial charge in [-0.25, -0.2) is 13.2 Å². The Hall–Kier alpha value is -3.65. The monoisotopic (exact) mass is 436 g/mol. The average Bonchev–Trinajstić information content (AvgIpc) is 2.79. The number of benzene rings is 3. The summed E-state index contributed by atoms with van der Waals surface area (Å²) in [6.07, 6.45) is 0. The van der Waals surface area contributed by atoms with Crippen LogP contribution in [0.15, 0.2) is 71.6 Å². The zero-order valence-electron chi connectivity index (χ0n) is 17.0. The van der Waals surface area contributed by atoms with Crippen molar-refractivity contribution in [3.63, 3.8) is 0 Å². The van der Waals surface area contributed by atoms with Crippen LogP contribution in [0.5, 0.6) is 0 Å². The summed E-state index contributed by atoms with van der Waals surface area (Å²) in [7, 11) is -2.39. The average molecular weight is 436 g/mol. The van der Waals surface area contributed by atoms with Crippen molar-refractivity contribution in [2.45, 2.75) is 11.8 Å². The number of nitrogens with zero attached hydrogens (tertiary/aromatic N) is 1. The molecule has 0 atom stereocenters. The first-order chi connectivity index (χ1) is 14.9. The predicted octanol–water partition coefficient (Wildman–Crippen LogP) is 3.92. The van der Waals surface area contributed by atoms with Gasteiger partial charge in [-0.15, -0.1) is 0 Å². The summed E-state index contributed by atoms with van der Waals surface area (Å²) in [5, 5.41) is 2.74. The fourth-order valence-corrected chi connectivity index (χ4v) is 5.39. The number of anilines is 2. The van der Waals surface area contributed by atoms with Crippen LogP contribution in [0.4, 0.5) is 11.4 Å². The van der Waals surface area contributed by atoms with Gasteiger partial charge in [-0.2, -0.15) is 0 Å². The summed E-state index contributed by atoms with van der Waals surface area (Å²) in [6, 6.07) is 18.2. The van der Waals surface area contributed by atoms with E-state index >= 15 is 0 Å². The van der Waals surface area contributed by atoms with Crippen LogP contribution in [0, 0.1) is 0 Å². The second-order valence-corrected chi connectivity index (χ2v) is 8.72. The van der Waals surface area contributed by atoms with Gasteiger partial charge in [-0.05, 0) is 43.3 Å². The first-order valence-electron chi connectivity index (χ1n) is 9.63. The van der Waals surface area contributed by atoms with Gasteiger partial charge in [-0.3, -0.25) is 9.10 Å². The number of methoxy groups -OCH3 is 1. The lowest BCUT2D eigenvalue weighted by atomic mass is 10.00. The van der Waals surface area contributed by atoms with Crippen LogP contribution < -0.4 is 9.62 Å². The number of rotatable bonds is 4. The molecule has 1 aliphatic rings. The highest BCUT2D eigenvalue weighted by molar-refractivity contribution is 7.93. The first kappa shape index (κ1) is 20.6. The molecular weight excluding hydrogens is 416 g/mol. The van der Waals surface area contributed by atoms with E-state index in [9.17, 15) is 18.0 Å². The Morgan fingerprint density at radius 2 is 1.68 bits per heavy atom. The minimum Gasteiger partial charge on any atom is -0.465 e. The number of fused-ring (bicyclic) bond motifs is 3. The molecule has 0 saturated heterocycles. The van der Waals surface area contributed by atoms with Crippen LogP contribution in [0.1, 0.15) is 27.6 Å². The number of para-hydroxylation sites is 1. The van der Waals surface area contributed by atoms with Gasteiger partial charge in [0.05, 0.1) is 28.9 Å². The molecule has 0 fully saturated rings. The molecule has 4 rings (SSSR count). The molecule has 0 spiro atoms. The maximum absolute atomic E-state index is 13.0. The van der Waals surface area contributed by atoms with Crippen molar-refractivity contribution < 1.29 is 22.7 Å². The standard InChI is InChI=1S/C23H20N2O5S/c1-3-25-20-13-12-15(14-18(20)16-8-5-7-11-21(16)31(25,28)29)22(26)24-19-10-6-4-9-17(19)23(27)30-2/h4-14H,3H2,1-2H3,(H,24,26). The van der Waals surface area contributed by atoms with E-state index in [2.05, 4.69) is 5.32 Å². The third-order valence-corrected chi connectivity index (χ3v) is 7.09. The smallest absolute Gasteiger partial charge is 0.339 e. The summed E-state index contributed by atoms with van der Waals surface area (Å²) in [5.41, 5.74) is 2.63. The van der Waals surface area contributed by atoms with Crippen LogP contribution in [0.25, 0.3) is 11.1 Å². The van der Waals surface area contributed by atoms with Crippen LogP contribution >= 0.6 is 0 Å². The van der Waals surface area contributed by atoms with Crippen LogP contribution in [0.3, 0.4) is 0 Å². The predicted molar refractivity (Wildman–Crippen MR) is 118 cm³/mol.